The van der Waals surface area contributed by atoms with Crippen LogP contribution in [0.5, 0.6) is 0 Å². The largest absolute Gasteiger partial charge is 0.461 e. The molecule has 2 rings (SSSR count). The van der Waals surface area contributed by atoms with Gasteiger partial charge in [-0.05, 0) is 19.8 Å². The number of carbonyl (C=O) groups excluding carboxylic acids is 1. The van der Waals surface area contributed by atoms with Gasteiger partial charge in [-0.25, -0.2) is 9.78 Å². The standard InChI is InChI=1S/C11H16N2O3/c1-2-15-11(14)8-9(12)16-10(13-8)7-5-3-4-6-7/h7H,2-6,12H2,1H3. The lowest BCUT2D eigenvalue weighted by atomic mass is 10.1. The summed E-state index contributed by atoms with van der Waals surface area (Å²) in [7, 11) is 0. The number of esters is 1. The zero-order chi connectivity index (χ0) is 11.5. The van der Waals surface area contributed by atoms with Crippen molar-refractivity contribution in [3.05, 3.63) is 11.6 Å². The number of carbonyl (C=O) groups is 1. The van der Waals surface area contributed by atoms with E-state index in [1.807, 2.05) is 0 Å². The number of rotatable bonds is 3. The lowest BCUT2D eigenvalue weighted by molar-refractivity contribution is 0.0521. The molecule has 0 amide bonds. The molecule has 1 fully saturated rings. The van der Waals surface area contributed by atoms with Gasteiger partial charge in [0.25, 0.3) is 0 Å². The van der Waals surface area contributed by atoms with E-state index in [4.69, 9.17) is 14.9 Å². The van der Waals surface area contributed by atoms with Crippen LogP contribution in [0.3, 0.4) is 0 Å². The molecule has 0 spiro atoms. The summed E-state index contributed by atoms with van der Waals surface area (Å²) in [6.07, 6.45) is 4.48. The summed E-state index contributed by atoms with van der Waals surface area (Å²) in [5.74, 6) is 0.455. The van der Waals surface area contributed by atoms with Crippen LogP contribution in [0.4, 0.5) is 5.88 Å². The quantitative estimate of drug-likeness (QED) is 0.795. The molecule has 0 saturated heterocycles. The summed E-state index contributed by atoms with van der Waals surface area (Å²) < 4.78 is 10.2. The molecule has 1 aliphatic carbocycles. The lowest BCUT2D eigenvalue weighted by Gasteiger charge is -2.00. The number of nitrogen functional groups attached to an aromatic ring is 1. The van der Waals surface area contributed by atoms with Gasteiger partial charge in [0.05, 0.1) is 6.61 Å². The molecule has 0 bridgehead atoms. The summed E-state index contributed by atoms with van der Waals surface area (Å²) in [4.78, 5) is 15.6. The van der Waals surface area contributed by atoms with Crippen LogP contribution in [0.25, 0.3) is 0 Å². The molecule has 1 aromatic rings. The van der Waals surface area contributed by atoms with E-state index in [0.29, 0.717) is 18.4 Å². The first-order chi connectivity index (χ1) is 7.72. The molecule has 0 radical (unpaired) electrons. The highest BCUT2D eigenvalue weighted by Gasteiger charge is 2.26. The van der Waals surface area contributed by atoms with Crippen molar-refractivity contribution in [1.82, 2.24) is 4.98 Å². The van der Waals surface area contributed by atoms with Gasteiger partial charge in [0.15, 0.2) is 0 Å². The zero-order valence-electron chi connectivity index (χ0n) is 9.36. The minimum atomic E-state index is -0.506. The van der Waals surface area contributed by atoms with Gasteiger partial charge in [-0.1, -0.05) is 12.8 Å². The Bertz CT molecular complexity index is 381. The Hall–Kier alpha value is -1.52. The van der Waals surface area contributed by atoms with Crippen molar-refractivity contribution < 1.29 is 13.9 Å². The predicted octanol–water partition coefficient (Wildman–Crippen LogP) is 2.09. The average molecular weight is 224 g/mol. The number of nitrogens with zero attached hydrogens (tertiary/aromatic N) is 1. The molecule has 0 unspecified atom stereocenters. The number of hydrogen-bond acceptors (Lipinski definition) is 5. The summed E-state index contributed by atoms with van der Waals surface area (Å²) in [5, 5.41) is 0. The number of nitrogens with two attached hydrogens (primary N) is 1. The van der Waals surface area contributed by atoms with E-state index in [2.05, 4.69) is 4.98 Å². The Morgan fingerprint density at radius 3 is 2.88 bits per heavy atom. The van der Waals surface area contributed by atoms with Crippen LogP contribution in [-0.4, -0.2) is 17.6 Å². The molecule has 0 aliphatic heterocycles. The number of aromatic nitrogens is 1. The second-order valence-electron chi connectivity index (χ2n) is 3.97. The van der Waals surface area contributed by atoms with E-state index >= 15 is 0 Å². The van der Waals surface area contributed by atoms with Gasteiger partial charge in [0.1, 0.15) is 0 Å². The first-order valence-electron chi connectivity index (χ1n) is 5.65. The fourth-order valence-electron chi connectivity index (χ4n) is 2.04. The molecule has 0 atom stereocenters. The number of anilines is 1. The van der Waals surface area contributed by atoms with Crippen molar-refractivity contribution in [1.29, 1.82) is 0 Å². The summed E-state index contributed by atoms with van der Waals surface area (Å²) in [6.45, 7) is 2.05. The van der Waals surface area contributed by atoms with Crippen molar-refractivity contribution in [3.63, 3.8) is 0 Å². The Labute approximate surface area is 94.0 Å². The molecule has 2 N–H and O–H groups in total. The molecule has 5 heteroatoms. The van der Waals surface area contributed by atoms with Crippen LogP contribution in [0, 0.1) is 0 Å². The number of hydrogen-bond donors (Lipinski definition) is 1. The molecule has 1 aliphatic rings. The topological polar surface area (TPSA) is 78.3 Å². The minimum Gasteiger partial charge on any atom is -0.461 e. The molecular weight excluding hydrogens is 208 g/mol. The molecule has 5 nitrogen and oxygen atoms in total. The smallest absolute Gasteiger partial charge is 0.362 e. The van der Waals surface area contributed by atoms with Crippen molar-refractivity contribution in [2.24, 2.45) is 0 Å². The van der Waals surface area contributed by atoms with E-state index in [0.717, 1.165) is 12.8 Å². The van der Waals surface area contributed by atoms with Gasteiger partial charge in [-0.15, -0.1) is 0 Å². The predicted molar refractivity (Wildman–Crippen MR) is 58.1 cm³/mol. The highest BCUT2D eigenvalue weighted by Crippen LogP contribution is 2.34. The fourth-order valence-corrected chi connectivity index (χ4v) is 2.04. The SMILES string of the molecule is CCOC(=O)c1nc(C2CCCC2)oc1N. The maximum absolute atomic E-state index is 11.5. The van der Waals surface area contributed by atoms with E-state index in [-0.39, 0.29) is 11.6 Å². The number of oxazole rings is 1. The second kappa shape index (κ2) is 4.55. The van der Waals surface area contributed by atoms with Crippen LogP contribution in [-0.2, 0) is 4.74 Å². The van der Waals surface area contributed by atoms with Gasteiger partial charge in [0, 0.05) is 5.92 Å². The Balaban J connectivity index is 2.17. The fraction of sp³-hybridized carbons (Fsp3) is 0.636. The summed E-state index contributed by atoms with van der Waals surface area (Å²) in [6, 6.07) is 0. The Kier molecular flexibility index (Phi) is 3.12. The van der Waals surface area contributed by atoms with Crippen molar-refractivity contribution >= 4 is 11.9 Å². The van der Waals surface area contributed by atoms with E-state index in [9.17, 15) is 4.79 Å². The van der Waals surface area contributed by atoms with Gasteiger partial charge in [0.2, 0.25) is 17.5 Å². The lowest BCUT2D eigenvalue weighted by Crippen LogP contribution is -2.07. The molecule has 1 aromatic heterocycles. The van der Waals surface area contributed by atoms with Gasteiger partial charge >= 0.3 is 5.97 Å². The van der Waals surface area contributed by atoms with Crippen LogP contribution < -0.4 is 5.73 Å². The highest BCUT2D eigenvalue weighted by molar-refractivity contribution is 5.91. The van der Waals surface area contributed by atoms with Gasteiger partial charge in [-0.2, -0.15) is 0 Å². The van der Waals surface area contributed by atoms with Crippen LogP contribution in [0.2, 0.25) is 0 Å². The van der Waals surface area contributed by atoms with Gasteiger partial charge < -0.3 is 14.9 Å². The van der Waals surface area contributed by atoms with Crippen LogP contribution >= 0.6 is 0 Å². The highest BCUT2D eigenvalue weighted by atomic mass is 16.5. The summed E-state index contributed by atoms with van der Waals surface area (Å²) in [5.41, 5.74) is 5.72. The molecular formula is C11H16N2O3. The van der Waals surface area contributed by atoms with Gasteiger partial charge in [-0.3, -0.25) is 0 Å². The van der Waals surface area contributed by atoms with Crippen molar-refractivity contribution in [2.45, 2.75) is 38.5 Å². The van der Waals surface area contributed by atoms with Crippen LogP contribution in [0.1, 0.15) is 54.9 Å². The molecule has 16 heavy (non-hydrogen) atoms. The molecule has 1 saturated carbocycles. The third kappa shape index (κ3) is 2.03. The first kappa shape index (κ1) is 11.0. The maximum atomic E-state index is 11.5. The third-order valence-corrected chi connectivity index (χ3v) is 2.84. The monoisotopic (exact) mass is 224 g/mol. The van der Waals surface area contributed by atoms with E-state index in [1.165, 1.54) is 12.8 Å². The molecule has 88 valence electrons. The maximum Gasteiger partial charge on any atom is 0.362 e. The first-order valence-corrected chi connectivity index (χ1v) is 5.65. The van der Waals surface area contributed by atoms with Crippen molar-refractivity contribution in [2.75, 3.05) is 12.3 Å². The van der Waals surface area contributed by atoms with E-state index in [1.54, 1.807) is 6.92 Å². The summed E-state index contributed by atoms with van der Waals surface area (Å²) >= 11 is 0. The van der Waals surface area contributed by atoms with E-state index < -0.39 is 5.97 Å². The molecule has 1 heterocycles. The Morgan fingerprint density at radius 2 is 2.25 bits per heavy atom. The number of ether oxygens (including phenoxy) is 1. The van der Waals surface area contributed by atoms with Crippen LogP contribution in [0.15, 0.2) is 4.42 Å². The van der Waals surface area contributed by atoms with Crippen molar-refractivity contribution in [3.8, 4) is 0 Å². The molecule has 0 aromatic carbocycles. The second-order valence-corrected chi connectivity index (χ2v) is 3.97. The zero-order valence-corrected chi connectivity index (χ0v) is 9.36. The average Bonchev–Trinajstić information content (AvgIpc) is 2.86. The Morgan fingerprint density at radius 1 is 1.56 bits per heavy atom. The normalized spacial score (nSPS) is 16.6. The third-order valence-electron chi connectivity index (χ3n) is 2.84. The minimum absolute atomic E-state index is 0.0698.